The second-order valence-corrected chi connectivity index (χ2v) is 22.7. The molecule has 1 unspecified atom stereocenters. The Bertz CT molecular complexity index is 1310. The molecule has 0 aliphatic rings. The van der Waals surface area contributed by atoms with Gasteiger partial charge in [-0.15, -0.1) is 0 Å². The van der Waals surface area contributed by atoms with Gasteiger partial charge in [-0.1, -0.05) is 307 Å². The Kier molecular flexibility index (Phi) is 62.6. The summed E-state index contributed by atoms with van der Waals surface area (Å²) in [6.45, 7) is 6.68. The van der Waals surface area contributed by atoms with E-state index in [2.05, 4.69) is 69.4 Å². The molecule has 6 nitrogen and oxygen atoms in total. The summed E-state index contributed by atoms with van der Waals surface area (Å²) in [5.74, 6) is -0.868. The van der Waals surface area contributed by atoms with E-state index in [9.17, 15) is 14.4 Å². The standard InChI is InChI=1S/C70H128O6/c1-4-7-10-13-16-19-22-25-28-31-34-35-37-39-42-45-48-51-54-57-60-63-69(72)75-66-67(65-74-68(71)62-59-56-53-50-47-44-41-38-33-30-27-24-21-18-15-12-9-6-3)76-70(73)64-61-58-55-52-49-46-43-40-36-32-29-26-23-20-17-14-11-8-5-2/h22,25,30-31,33-34,37,39,67H,4-21,23-24,26-29,32,35-36,38,40-66H2,1-3H3/b25-22-,33-30-,34-31-,39-37-. The molecular formula is C70H128O6. The van der Waals surface area contributed by atoms with Gasteiger partial charge in [0.05, 0.1) is 0 Å². The Morgan fingerprint density at radius 1 is 0.263 bits per heavy atom. The lowest BCUT2D eigenvalue weighted by Crippen LogP contribution is -2.30. The van der Waals surface area contributed by atoms with Crippen molar-refractivity contribution in [2.75, 3.05) is 13.2 Å². The van der Waals surface area contributed by atoms with Gasteiger partial charge in [0.25, 0.3) is 0 Å². The van der Waals surface area contributed by atoms with Crippen LogP contribution in [0.2, 0.25) is 0 Å². The minimum atomic E-state index is -0.780. The van der Waals surface area contributed by atoms with E-state index >= 15 is 0 Å². The number of allylic oxidation sites excluding steroid dienone is 8. The highest BCUT2D eigenvalue weighted by atomic mass is 16.6. The fourth-order valence-electron chi connectivity index (χ4n) is 9.98. The number of hydrogen-bond acceptors (Lipinski definition) is 6. The van der Waals surface area contributed by atoms with E-state index in [1.54, 1.807) is 0 Å². The lowest BCUT2D eigenvalue weighted by Gasteiger charge is -2.18. The Morgan fingerprint density at radius 3 is 0.750 bits per heavy atom. The molecule has 0 aliphatic carbocycles. The predicted octanol–water partition coefficient (Wildman–Crippen LogP) is 22.9. The number of carbonyl (C=O) groups is 3. The van der Waals surface area contributed by atoms with E-state index in [0.29, 0.717) is 19.3 Å². The van der Waals surface area contributed by atoms with E-state index in [-0.39, 0.29) is 31.1 Å². The maximum absolute atomic E-state index is 12.9. The molecule has 444 valence electrons. The zero-order chi connectivity index (χ0) is 55.0. The second-order valence-electron chi connectivity index (χ2n) is 22.7. The Hall–Kier alpha value is -2.63. The van der Waals surface area contributed by atoms with Crippen molar-refractivity contribution >= 4 is 17.9 Å². The van der Waals surface area contributed by atoms with Gasteiger partial charge in [0.1, 0.15) is 13.2 Å². The van der Waals surface area contributed by atoms with E-state index < -0.39 is 6.10 Å². The topological polar surface area (TPSA) is 78.9 Å². The minimum absolute atomic E-state index is 0.0760. The Balaban J connectivity index is 4.37. The van der Waals surface area contributed by atoms with E-state index in [0.717, 1.165) is 77.0 Å². The van der Waals surface area contributed by atoms with Crippen molar-refractivity contribution in [3.05, 3.63) is 48.6 Å². The number of hydrogen-bond donors (Lipinski definition) is 0. The van der Waals surface area contributed by atoms with Crippen LogP contribution in [0.1, 0.15) is 361 Å². The highest BCUT2D eigenvalue weighted by Gasteiger charge is 2.19. The summed E-state index contributed by atoms with van der Waals surface area (Å²) in [6, 6.07) is 0. The maximum atomic E-state index is 12.9. The largest absolute Gasteiger partial charge is 0.462 e. The molecule has 0 N–H and O–H groups in total. The molecule has 0 saturated heterocycles. The van der Waals surface area contributed by atoms with Crippen molar-refractivity contribution in [2.45, 2.75) is 367 Å². The van der Waals surface area contributed by atoms with Gasteiger partial charge in [0.15, 0.2) is 6.10 Å². The van der Waals surface area contributed by atoms with Gasteiger partial charge in [-0.3, -0.25) is 14.4 Å². The third-order valence-electron chi connectivity index (χ3n) is 15.1. The van der Waals surface area contributed by atoms with Crippen molar-refractivity contribution in [1.82, 2.24) is 0 Å². The highest BCUT2D eigenvalue weighted by Crippen LogP contribution is 2.17. The van der Waals surface area contributed by atoms with Gasteiger partial charge in [-0.25, -0.2) is 0 Å². The van der Waals surface area contributed by atoms with Crippen LogP contribution >= 0.6 is 0 Å². The highest BCUT2D eigenvalue weighted by molar-refractivity contribution is 5.71. The summed E-state index contributed by atoms with van der Waals surface area (Å²) >= 11 is 0. The molecule has 76 heavy (non-hydrogen) atoms. The molecule has 0 amide bonds. The van der Waals surface area contributed by atoms with Gasteiger partial charge >= 0.3 is 17.9 Å². The van der Waals surface area contributed by atoms with Crippen LogP contribution in [0.3, 0.4) is 0 Å². The third kappa shape index (κ3) is 62.2. The Morgan fingerprint density at radius 2 is 0.474 bits per heavy atom. The molecule has 6 heteroatoms. The van der Waals surface area contributed by atoms with Gasteiger partial charge in [0.2, 0.25) is 0 Å². The first-order valence-corrected chi connectivity index (χ1v) is 33.6. The fourth-order valence-corrected chi connectivity index (χ4v) is 9.98. The number of rotatable bonds is 62. The first-order valence-electron chi connectivity index (χ1n) is 33.6. The molecule has 0 radical (unpaired) electrons. The van der Waals surface area contributed by atoms with Gasteiger partial charge in [-0.05, 0) is 83.5 Å². The van der Waals surface area contributed by atoms with Crippen molar-refractivity contribution in [2.24, 2.45) is 0 Å². The van der Waals surface area contributed by atoms with Crippen LogP contribution in [0.5, 0.6) is 0 Å². The number of carbonyl (C=O) groups excluding carboxylic acids is 3. The molecule has 0 rings (SSSR count). The fraction of sp³-hybridized carbons (Fsp3) is 0.843. The van der Waals surface area contributed by atoms with Crippen LogP contribution in [0.15, 0.2) is 48.6 Å². The molecule has 0 spiro atoms. The summed E-state index contributed by atoms with van der Waals surface area (Å²) in [6.07, 6.45) is 81.2. The van der Waals surface area contributed by atoms with Gasteiger partial charge in [-0.2, -0.15) is 0 Å². The molecule has 0 aliphatic heterocycles. The summed E-state index contributed by atoms with van der Waals surface area (Å²) in [5.41, 5.74) is 0. The molecule has 0 bridgehead atoms. The van der Waals surface area contributed by atoms with Crippen molar-refractivity contribution in [1.29, 1.82) is 0 Å². The average molecular weight is 1070 g/mol. The Labute approximate surface area is 473 Å². The average Bonchev–Trinajstić information content (AvgIpc) is 3.42. The first kappa shape index (κ1) is 73.4. The molecule has 0 heterocycles. The predicted molar refractivity (Wildman–Crippen MR) is 330 cm³/mol. The second kappa shape index (κ2) is 64.9. The zero-order valence-corrected chi connectivity index (χ0v) is 51.0. The molecule has 0 aromatic carbocycles. The van der Waals surface area contributed by atoms with E-state index in [1.165, 1.54) is 244 Å². The molecule has 0 fully saturated rings. The smallest absolute Gasteiger partial charge is 0.306 e. The molecular weight excluding hydrogens is 937 g/mol. The normalized spacial score (nSPS) is 12.3. The zero-order valence-electron chi connectivity index (χ0n) is 51.0. The first-order chi connectivity index (χ1) is 37.5. The molecule has 0 saturated carbocycles. The van der Waals surface area contributed by atoms with Gasteiger partial charge in [0, 0.05) is 19.3 Å². The SMILES string of the molecule is CCCCCCC/C=C\C/C=C\C/C=C\CCCCCCCCC(=O)OCC(COC(=O)CCCCCCCCC/C=C\CCCCCCCCC)OC(=O)CCCCCCCCCCCCCCCCCCCCC. The molecule has 1 atom stereocenters. The lowest BCUT2D eigenvalue weighted by molar-refractivity contribution is -0.167. The minimum Gasteiger partial charge on any atom is -0.462 e. The van der Waals surface area contributed by atoms with Crippen LogP contribution in [0, 0.1) is 0 Å². The maximum Gasteiger partial charge on any atom is 0.306 e. The summed E-state index contributed by atoms with van der Waals surface area (Å²) in [7, 11) is 0. The summed E-state index contributed by atoms with van der Waals surface area (Å²) in [5, 5.41) is 0. The van der Waals surface area contributed by atoms with Crippen LogP contribution in [-0.2, 0) is 28.6 Å². The van der Waals surface area contributed by atoms with Crippen molar-refractivity contribution in [3.63, 3.8) is 0 Å². The summed E-state index contributed by atoms with van der Waals surface area (Å²) < 4.78 is 17.0. The van der Waals surface area contributed by atoms with Crippen molar-refractivity contribution in [3.8, 4) is 0 Å². The number of unbranched alkanes of at least 4 members (excludes halogenated alkanes) is 43. The van der Waals surface area contributed by atoms with E-state index in [1.807, 2.05) is 0 Å². The van der Waals surface area contributed by atoms with Crippen LogP contribution in [-0.4, -0.2) is 37.2 Å². The lowest BCUT2D eigenvalue weighted by atomic mass is 10.0. The molecule has 0 aromatic rings. The number of ether oxygens (including phenoxy) is 3. The molecule has 0 aromatic heterocycles. The van der Waals surface area contributed by atoms with Crippen LogP contribution < -0.4 is 0 Å². The van der Waals surface area contributed by atoms with Crippen LogP contribution in [0.4, 0.5) is 0 Å². The van der Waals surface area contributed by atoms with E-state index in [4.69, 9.17) is 14.2 Å². The number of esters is 3. The summed E-state index contributed by atoms with van der Waals surface area (Å²) in [4.78, 5) is 38.4. The van der Waals surface area contributed by atoms with Crippen molar-refractivity contribution < 1.29 is 28.6 Å². The quantitative estimate of drug-likeness (QED) is 0.0261. The van der Waals surface area contributed by atoms with Crippen LogP contribution in [0.25, 0.3) is 0 Å². The third-order valence-corrected chi connectivity index (χ3v) is 15.1. The van der Waals surface area contributed by atoms with Gasteiger partial charge < -0.3 is 14.2 Å². The monoisotopic (exact) mass is 1060 g/mol.